The van der Waals surface area contributed by atoms with Crippen molar-refractivity contribution in [2.24, 2.45) is 0 Å². The lowest BCUT2D eigenvalue weighted by atomic mass is 10.1. The first-order valence-electron chi connectivity index (χ1n) is 10.3. The number of methoxy groups -OCH3 is 2. The van der Waals surface area contributed by atoms with Crippen LogP contribution in [0.1, 0.15) is 25.7 Å². The van der Waals surface area contributed by atoms with E-state index in [1.807, 2.05) is 0 Å². The van der Waals surface area contributed by atoms with Gasteiger partial charge < -0.3 is 28.5 Å². The van der Waals surface area contributed by atoms with Gasteiger partial charge in [-0.15, -0.1) is 0 Å². The Morgan fingerprint density at radius 1 is 1.03 bits per heavy atom. The van der Waals surface area contributed by atoms with Crippen molar-refractivity contribution < 1.29 is 33.3 Å². The van der Waals surface area contributed by atoms with E-state index >= 15 is 0 Å². The second kappa shape index (κ2) is 9.21. The SMILES string of the molecule is COc1ccc(-c2cc(=O)c3c(OC4CCCC4)cc(OCC(=O)O)cc3o2)cc1OC. The average Bonchev–Trinajstić information content (AvgIpc) is 3.29. The Morgan fingerprint density at radius 3 is 2.47 bits per heavy atom. The Morgan fingerprint density at radius 2 is 1.78 bits per heavy atom. The van der Waals surface area contributed by atoms with Crippen LogP contribution in [0.25, 0.3) is 22.3 Å². The fourth-order valence-electron chi connectivity index (χ4n) is 3.87. The molecule has 8 heteroatoms. The number of hydrogen-bond acceptors (Lipinski definition) is 7. The van der Waals surface area contributed by atoms with Crippen molar-refractivity contribution in [1.82, 2.24) is 0 Å². The summed E-state index contributed by atoms with van der Waals surface area (Å²) >= 11 is 0. The molecule has 0 unspecified atom stereocenters. The third kappa shape index (κ3) is 4.49. The molecule has 0 saturated heterocycles. The number of hydrogen-bond donors (Lipinski definition) is 1. The van der Waals surface area contributed by atoms with Crippen molar-refractivity contribution in [3.8, 4) is 34.3 Å². The van der Waals surface area contributed by atoms with Gasteiger partial charge in [0.1, 0.15) is 28.2 Å². The standard InChI is InChI=1S/C24H24O8/c1-28-18-8-7-14(9-20(18)29-2)19-12-17(25)24-21(31-15-5-3-4-6-15)10-16(11-22(24)32-19)30-13-23(26)27/h7-12,15H,3-6,13H2,1-2H3,(H,26,27). The van der Waals surface area contributed by atoms with E-state index in [9.17, 15) is 9.59 Å². The van der Waals surface area contributed by atoms with Crippen LogP contribution in [0.2, 0.25) is 0 Å². The summed E-state index contributed by atoms with van der Waals surface area (Å²) in [5, 5.41) is 9.26. The molecule has 1 N–H and O–H groups in total. The zero-order valence-electron chi connectivity index (χ0n) is 17.9. The monoisotopic (exact) mass is 440 g/mol. The van der Waals surface area contributed by atoms with Gasteiger partial charge in [-0.3, -0.25) is 4.79 Å². The van der Waals surface area contributed by atoms with Gasteiger partial charge in [0, 0.05) is 23.8 Å². The van der Waals surface area contributed by atoms with Crippen molar-refractivity contribution >= 4 is 16.9 Å². The number of fused-ring (bicyclic) bond motifs is 1. The second-order valence-corrected chi connectivity index (χ2v) is 7.55. The minimum absolute atomic E-state index is 0.00199. The predicted molar refractivity (Wildman–Crippen MR) is 117 cm³/mol. The van der Waals surface area contributed by atoms with E-state index in [4.69, 9.17) is 28.5 Å². The summed E-state index contributed by atoms with van der Waals surface area (Å²) in [5.74, 6) is 0.852. The van der Waals surface area contributed by atoms with E-state index in [2.05, 4.69) is 0 Å². The van der Waals surface area contributed by atoms with E-state index in [0.717, 1.165) is 25.7 Å². The van der Waals surface area contributed by atoms with Crippen LogP contribution in [-0.4, -0.2) is 38.0 Å². The molecule has 2 aromatic carbocycles. The molecule has 3 aromatic rings. The number of carboxylic acid groups (broad SMARTS) is 1. The molecule has 1 heterocycles. The Labute approximate surface area is 184 Å². The van der Waals surface area contributed by atoms with Crippen LogP contribution in [0.15, 0.2) is 45.6 Å². The molecule has 1 aliphatic rings. The maximum atomic E-state index is 13.1. The Kier molecular flexibility index (Phi) is 6.20. The van der Waals surface area contributed by atoms with Gasteiger partial charge in [-0.25, -0.2) is 4.79 Å². The van der Waals surface area contributed by atoms with E-state index in [1.54, 1.807) is 24.3 Å². The number of rotatable bonds is 8. The van der Waals surface area contributed by atoms with E-state index in [1.165, 1.54) is 26.4 Å². The third-order valence-corrected chi connectivity index (χ3v) is 5.39. The minimum atomic E-state index is -1.11. The van der Waals surface area contributed by atoms with Crippen LogP contribution in [0.5, 0.6) is 23.0 Å². The number of carbonyl (C=O) groups is 1. The summed E-state index contributed by atoms with van der Waals surface area (Å²) in [4.78, 5) is 24.0. The first kappa shape index (κ1) is 21.5. The summed E-state index contributed by atoms with van der Waals surface area (Å²) in [5.41, 5.74) is 0.601. The zero-order chi connectivity index (χ0) is 22.7. The lowest BCUT2D eigenvalue weighted by Crippen LogP contribution is -2.14. The average molecular weight is 440 g/mol. The number of aliphatic carboxylic acids is 1. The van der Waals surface area contributed by atoms with Crippen LogP contribution in [0, 0.1) is 0 Å². The summed E-state index contributed by atoms with van der Waals surface area (Å²) in [7, 11) is 3.06. The van der Waals surface area contributed by atoms with E-state index < -0.39 is 12.6 Å². The highest BCUT2D eigenvalue weighted by Crippen LogP contribution is 2.36. The summed E-state index contributed by atoms with van der Waals surface area (Å²) < 4.78 is 28.1. The normalized spacial score (nSPS) is 13.8. The molecule has 0 aliphatic heterocycles. The smallest absolute Gasteiger partial charge is 0.341 e. The van der Waals surface area contributed by atoms with Gasteiger partial charge in [0.2, 0.25) is 0 Å². The molecule has 168 valence electrons. The van der Waals surface area contributed by atoms with Gasteiger partial charge in [-0.2, -0.15) is 0 Å². The molecule has 1 saturated carbocycles. The summed E-state index contributed by atoms with van der Waals surface area (Å²) in [6.07, 6.45) is 3.93. The largest absolute Gasteiger partial charge is 0.493 e. The van der Waals surface area contributed by atoms with Gasteiger partial charge in [-0.1, -0.05) is 0 Å². The van der Waals surface area contributed by atoms with E-state index in [-0.39, 0.29) is 22.9 Å². The highest BCUT2D eigenvalue weighted by atomic mass is 16.5. The van der Waals surface area contributed by atoms with Crippen molar-refractivity contribution in [2.45, 2.75) is 31.8 Å². The minimum Gasteiger partial charge on any atom is -0.493 e. The summed E-state index contributed by atoms with van der Waals surface area (Å²) in [6, 6.07) is 9.65. The highest BCUT2D eigenvalue weighted by molar-refractivity contribution is 5.86. The number of benzene rings is 2. The van der Waals surface area contributed by atoms with Crippen molar-refractivity contribution in [2.75, 3.05) is 20.8 Å². The quantitative estimate of drug-likeness (QED) is 0.554. The molecular formula is C24H24O8. The predicted octanol–water partition coefficient (Wildman–Crippen LogP) is 4.26. The maximum absolute atomic E-state index is 13.1. The van der Waals surface area contributed by atoms with E-state index in [0.29, 0.717) is 34.0 Å². The van der Waals surface area contributed by atoms with Crippen LogP contribution in [0.4, 0.5) is 0 Å². The van der Waals surface area contributed by atoms with Gasteiger partial charge in [-0.05, 0) is 43.9 Å². The van der Waals surface area contributed by atoms with Gasteiger partial charge in [0.15, 0.2) is 23.5 Å². The molecule has 0 amide bonds. The third-order valence-electron chi connectivity index (χ3n) is 5.39. The molecule has 0 bridgehead atoms. The van der Waals surface area contributed by atoms with Gasteiger partial charge in [0.05, 0.1) is 20.3 Å². The Balaban J connectivity index is 1.82. The Bertz CT molecular complexity index is 1190. The molecule has 1 aliphatic carbocycles. The molecule has 8 nitrogen and oxygen atoms in total. The molecule has 1 aromatic heterocycles. The molecule has 4 rings (SSSR count). The summed E-state index contributed by atoms with van der Waals surface area (Å²) in [6.45, 7) is -0.520. The highest BCUT2D eigenvalue weighted by Gasteiger charge is 2.21. The lowest BCUT2D eigenvalue weighted by molar-refractivity contribution is -0.139. The van der Waals surface area contributed by atoms with Crippen molar-refractivity contribution in [1.29, 1.82) is 0 Å². The molecule has 0 atom stereocenters. The van der Waals surface area contributed by atoms with Gasteiger partial charge in [0.25, 0.3) is 0 Å². The first-order valence-corrected chi connectivity index (χ1v) is 10.3. The molecule has 0 spiro atoms. The fourth-order valence-corrected chi connectivity index (χ4v) is 3.87. The zero-order valence-corrected chi connectivity index (χ0v) is 17.9. The first-order chi connectivity index (χ1) is 15.5. The Hall–Kier alpha value is -3.68. The molecular weight excluding hydrogens is 416 g/mol. The van der Waals surface area contributed by atoms with Crippen molar-refractivity contribution in [3.05, 3.63) is 46.6 Å². The number of carboxylic acids is 1. The molecule has 1 fully saturated rings. The lowest BCUT2D eigenvalue weighted by Gasteiger charge is -2.16. The molecule has 32 heavy (non-hydrogen) atoms. The van der Waals surface area contributed by atoms with Crippen LogP contribution < -0.4 is 24.4 Å². The van der Waals surface area contributed by atoms with Crippen LogP contribution in [-0.2, 0) is 4.79 Å². The van der Waals surface area contributed by atoms with Crippen molar-refractivity contribution in [3.63, 3.8) is 0 Å². The molecule has 0 radical (unpaired) electrons. The maximum Gasteiger partial charge on any atom is 0.341 e. The fraction of sp³-hybridized carbons (Fsp3) is 0.333. The number of ether oxygens (including phenoxy) is 4. The topological polar surface area (TPSA) is 104 Å². The van der Waals surface area contributed by atoms with Crippen LogP contribution in [0.3, 0.4) is 0 Å². The second-order valence-electron chi connectivity index (χ2n) is 7.55. The van der Waals surface area contributed by atoms with Crippen LogP contribution >= 0.6 is 0 Å². The van der Waals surface area contributed by atoms with Gasteiger partial charge >= 0.3 is 5.97 Å².